The molecule has 0 spiro atoms. The molecule has 2 rings (SSSR count). The smallest absolute Gasteiger partial charge is 0.210 e. The van der Waals surface area contributed by atoms with Gasteiger partial charge in [-0.2, -0.15) is 5.26 Å². The van der Waals surface area contributed by atoms with E-state index in [4.69, 9.17) is 5.26 Å². The first-order valence-corrected chi connectivity index (χ1v) is 9.23. The number of anilines is 2. The summed E-state index contributed by atoms with van der Waals surface area (Å²) >= 11 is 3.30. The van der Waals surface area contributed by atoms with Gasteiger partial charge in [0.2, 0.25) is 5.13 Å². The van der Waals surface area contributed by atoms with Gasteiger partial charge in [0, 0.05) is 17.9 Å². The van der Waals surface area contributed by atoms with Gasteiger partial charge in [-0.3, -0.25) is 0 Å². The average molecular weight is 332 g/mol. The number of para-hydroxylation sites is 1. The van der Waals surface area contributed by atoms with Gasteiger partial charge in [0.1, 0.15) is 0 Å². The summed E-state index contributed by atoms with van der Waals surface area (Å²) in [6, 6.07) is 8.50. The van der Waals surface area contributed by atoms with Crippen LogP contribution in [0.15, 0.2) is 22.5 Å². The van der Waals surface area contributed by atoms with Crippen molar-refractivity contribution in [2.24, 2.45) is 0 Å². The standard InChI is InChI=1S/C16H20N4S2/c1-3-13-9-7-8-12(2)14(13)18-15-19-20-16(22-15)21-11-6-4-5-10-17/h7-9H,3-6,11H2,1-2H3,(H,18,19). The van der Waals surface area contributed by atoms with E-state index < -0.39 is 0 Å². The Morgan fingerprint density at radius 1 is 1.32 bits per heavy atom. The van der Waals surface area contributed by atoms with Crippen LogP contribution in [0.5, 0.6) is 0 Å². The maximum atomic E-state index is 8.51. The normalized spacial score (nSPS) is 10.4. The lowest BCUT2D eigenvalue weighted by atomic mass is 10.1. The van der Waals surface area contributed by atoms with Crippen molar-refractivity contribution in [3.8, 4) is 6.07 Å². The lowest BCUT2D eigenvalue weighted by Crippen LogP contribution is -1.97. The number of nitrogens with zero attached hydrogens (tertiary/aromatic N) is 3. The van der Waals surface area contributed by atoms with E-state index in [9.17, 15) is 0 Å². The van der Waals surface area contributed by atoms with Crippen molar-refractivity contribution in [2.75, 3.05) is 11.1 Å². The van der Waals surface area contributed by atoms with Gasteiger partial charge in [-0.25, -0.2) is 0 Å². The van der Waals surface area contributed by atoms with E-state index in [-0.39, 0.29) is 0 Å². The van der Waals surface area contributed by atoms with Crippen LogP contribution in [0.25, 0.3) is 0 Å². The van der Waals surface area contributed by atoms with Crippen LogP contribution in [-0.2, 0) is 6.42 Å². The van der Waals surface area contributed by atoms with E-state index in [0.717, 1.165) is 40.2 Å². The number of thioether (sulfide) groups is 1. The van der Waals surface area contributed by atoms with Crippen molar-refractivity contribution in [1.82, 2.24) is 10.2 Å². The molecular formula is C16H20N4S2. The second kappa shape index (κ2) is 8.76. The van der Waals surface area contributed by atoms with Gasteiger partial charge in [-0.15, -0.1) is 10.2 Å². The molecule has 0 aliphatic rings. The summed E-state index contributed by atoms with van der Waals surface area (Å²) in [6.07, 6.45) is 3.62. The van der Waals surface area contributed by atoms with E-state index in [1.54, 1.807) is 23.1 Å². The highest BCUT2D eigenvalue weighted by Gasteiger charge is 2.09. The minimum atomic E-state index is 0.635. The summed E-state index contributed by atoms with van der Waals surface area (Å²) < 4.78 is 0.978. The maximum Gasteiger partial charge on any atom is 0.210 e. The van der Waals surface area contributed by atoms with E-state index in [0.29, 0.717) is 6.42 Å². The number of hydrogen-bond donors (Lipinski definition) is 1. The van der Waals surface area contributed by atoms with Crippen molar-refractivity contribution < 1.29 is 0 Å². The molecule has 4 nitrogen and oxygen atoms in total. The fourth-order valence-electron chi connectivity index (χ4n) is 2.09. The van der Waals surface area contributed by atoms with Gasteiger partial charge in [-0.1, -0.05) is 48.2 Å². The van der Waals surface area contributed by atoms with Crippen LogP contribution in [0.3, 0.4) is 0 Å². The van der Waals surface area contributed by atoms with Gasteiger partial charge >= 0.3 is 0 Å². The molecule has 2 aromatic rings. The molecule has 1 aromatic carbocycles. The molecule has 0 unspecified atom stereocenters. The molecule has 0 bridgehead atoms. The molecule has 116 valence electrons. The third-order valence-electron chi connectivity index (χ3n) is 3.29. The zero-order chi connectivity index (χ0) is 15.8. The summed E-state index contributed by atoms with van der Waals surface area (Å²) in [5.74, 6) is 0.987. The Morgan fingerprint density at radius 2 is 2.18 bits per heavy atom. The second-order valence-corrected chi connectivity index (χ2v) is 7.24. The molecule has 22 heavy (non-hydrogen) atoms. The lowest BCUT2D eigenvalue weighted by molar-refractivity contribution is 0.829. The largest absolute Gasteiger partial charge is 0.330 e. The molecule has 0 amide bonds. The van der Waals surface area contributed by atoms with Gasteiger partial charge in [0.05, 0.1) is 6.07 Å². The molecule has 0 saturated carbocycles. The van der Waals surface area contributed by atoms with Crippen molar-refractivity contribution in [3.05, 3.63) is 29.3 Å². The third kappa shape index (κ3) is 4.72. The Labute approximate surface area is 140 Å². The fourth-order valence-corrected chi connectivity index (χ4v) is 3.92. The topological polar surface area (TPSA) is 61.6 Å². The molecule has 0 saturated heterocycles. The Kier molecular flexibility index (Phi) is 6.69. The van der Waals surface area contributed by atoms with Crippen LogP contribution in [0, 0.1) is 18.3 Å². The predicted octanol–water partition coefficient (Wildman–Crippen LogP) is 4.94. The van der Waals surface area contributed by atoms with Crippen molar-refractivity contribution in [1.29, 1.82) is 5.26 Å². The molecular weight excluding hydrogens is 312 g/mol. The minimum Gasteiger partial charge on any atom is -0.330 e. The van der Waals surface area contributed by atoms with Crippen LogP contribution < -0.4 is 5.32 Å². The SMILES string of the molecule is CCc1cccc(C)c1Nc1nnc(SCCCCC#N)s1. The highest BCUT2D eigenvalue weighted by Crippen LogP contribution is 2.31. The summed E-state index contributed by atoms with van der Waals surface area (Å²) in [4.78, 5) is 0. The van der Waals surface area contributed by atoms with Crippen molar-refractivity contribution in [3.63, 3.8) is 0 Å². The molecule has 6 heteroatoms. The zero-order valence-electron chi connectivity index (χ0n) is 12.9. The van der Waals surface area contributed by atoms with E-state index in [1.165, 1.54) is 11.1 Å². The van der Waals surface area contributed by atoms with Gasteiger partial charge in [-0.05, 0) is 37.3 Å². The van der Waals surface area contributed by atoms with E-state index >= 15 is 0 Å². The molecule has 1 N–H and O–H groups in total. The molecule has 1 heterocycles. The molecule has 0 aliphatic heterocycles. The molecule has 1 aromatic heterocycles. The van der Waals surface area contributed by atoms with Crippen LogP contribution in [0.1, 0.15) is 37.3 Å². The average Bonchev–Trinajstić information content (AvgIpc) is 2.97. The fraction of sp³-hybridized carbons (Fsp3) is 0.438. The monoisotopic (exact) mass is 332 g/mol. The van der Waals surface area contributed by atoms with Crippen LogP contribution in [0.2, 0.25) is 0 Å². The Hall–Kier alpha value is -1.58. The van der Waals surface area contributed by atoms with E-state index in [2.05, 4.69) is 53.6 Å². The quantitative estimate of drug-likeness (QED) is 0.548. The van der Waals surface area contributed by atoms with Crippen molar-refractivity contribution in [2.45, 2.75) is 43.9 Å². The number of nitrogens with one attached hydrogen (secondary N) is 1. The summed E-state index contributed by atoms with van der Waals surface area (Å²) in [5.41, 5.74) is 3.66. The van der Waals surface area contributed by atoms with Gasteiger partial charge in [0.25, 0.3) is 0 Å². The van der Waals surface area contributed by atoms with Crippen LogP contribution in [-0.4, -0.2) is 16.0 Å². The number of rotatable bonds is 8. The molecule has 0 atom stereocenters. The first-order valence-electron chi connectivity index (χ1n) is 7.43. The second-order valence-electron chi connectivity index (χ2n) is 4.92. The highest BCUT2D eigenvalue weighted by atomic mass is 32.2. The summed E-state index contributed by atoms with van der Waals surface area (Å²) in [6.45, 7) is 4.26. The first kappa shape index (κ1) is 16.8. The van der Waals surface area contributed by atoms with Crippen LogP contribution >= 0.6 is 23.1 Å². The molecule has 0 aliphatic carbocycles. The Morgan fingerprint density at radius 3 is 2.95 bits per heavy atom. The number of nitriles is 1. The maximum absolute atomic E-state index is 8.51. The number of benzene rings is 1. The van der Waals surface area contributed by atoms with Crippen LogP contribution in [0.4, 0.5) is 10.8 Å². The van der Waals surface area contributed by atoms with E-state index in [1.807, 2.05) is 0 Å². The highest BCUT2D eigenvalue weighted by molar-refractivity contribution is 8.01. The Balaban J connectivity index is 1.94. The number of hydrogen-bond acceptors (Lipinski definition) is 6. The number of aromatic nitrogens is 2. The Bertz CT molecular complexity index is 646. The van der Waals surface area contributed by atoms with Gasteiger partial charge < -0.3 is 5.32 Å². The third-order valence-corrected chi connectivity index (χ3v) is 5.35. The molecule has 0 radical (unpaired) electrons. The van der Waals surface area contributed by atoms with Crippen molar-refractivity contribution >= 4 is 33.9 Å². The lowest BCUT2D eigenvalue weighted by Gasteiger charge is -2.11. The van der Waals surface area contributed by atoms with Gasteiger partial charge in [0.15, 0.2) is 4.34 Å². The summed E-state index contributed by atoms with van der Waals surface area (Å²) in [7, 11) is 0. The number of unbranched alkanes of at least 4 members (excludes halogenated alkanes) is 2. The summed E-state index contributed by atoms with van der Waals surface area (Å²) in [5, 5.41) is 21.2. The molecule has 0 fully saturated rings. The minimum absolute atomic E-state index is 0.635. The first-order chi connectivity index (χ1) is 10.7. The number of aryl methyl sites for hydroxylation is 2. The zero-order valence-corrected chi connectivity index (χ0v) is 14.6. The predicted molar refractivity (Wildman–Crippen MR) is 93.9 cm³/mol.